The zero-order chi connectivity index (χ0) is 11.8. The van der Waals surface area contributed by atoms with Gasteiger partial charge in [-0.15, -0.1) is 0 Å². The van der Waals surface area contributed by atoms with Crippen LogP contribution in [-0.4, -0.2) is 75.9 Å². The molecular weight excluding hydrogens is 202 g/mol. The summed E-state index contributed by atoms with van der Waals surface area (Å²) in [6.07, 6.45) is 1.23. The van der Waals surface area contributed by atoms with Gasteiger partial charge in [-0.1, -0.05) is 0 Å². The highest BCUT2D eigenvalue weighted by Crippen LogP contribution is 2.04. The quantitative estimate of drug-likeness (QED) is 0.633. The Bertz CT molecular complexity index is 176. The summed E-state index contributed by atoms with van der Waals surface area (Å²) in [5.41, 5.74) is 0. The summed E-state index contributed by atoms with van der Waals surface area (Å²) in [7, 11) is 4.24. The number of morpholine rings is 1. The van der Waals surface area contributed by atoms with Crippen molar-refractivity contribution < 1.29 is 4.74 Å². The van der Waals surface area contributed by atoms with Crippen LogP contribution in [0.1, 0.15) is 13.3 Å². The molecule has 1 atom stereocenters. The minimum atomic E-state index is 0.581. The van der Waals surface area contributed by atoms with Crippen molar-refractivity contribution in [2.24, 2.45) is 0 Å². The predicted molar refractivity (Wildman–Crippen MR) is 67.9 cm³/mol. The van der Waals surface area contributed by atoms with Gasteiger partial charge in [-0.25, -0.2) is 0 Å². The van der Waals surface area contributed by atoms with Gasteiger partial charge in [0, 0.05) is 25.7 Å². The number of ether oxygens (including phenoxy) is 1. The summed E-state index contributed by atoms with van der Waals surface area (Å²) in [5.74, 6) is 0. The molecule has 1 saturated heterocycles. The lowest BCUT2D eigenvalue weighted by molar-refractivity contribution is 0.000446. The third-order valence-corrected chi connectivity index (χ3v) is 3.04. The van der Waals surface area contributed by atoms with E-state index in [1.807, 2.05) is 0 Å². The number of nitrogens with zero attached hydrogens (tertiary/aromatic N) is 2. The SMILES string of the molecule is CC1COCCN1CCNCCCN(C)C. The first-order chi connectivity index (χ1) is 7.70. The molecule has 4 nitrogen and oxygen atoms in total. The maximum Gasteiger partial charge on any atom is 0.0619 e. The third-order valence-electron chi connectivity index (χ3n) is 3.04. The molecule has 1 unspecified atom stereocenters. The van der Waals surface area contributed by atoms with Gasteiger partial charge in [-0.3, -0.25) is 4.90 Å². The van der Waals surface area contributed by atoms with E-state index in [0.29, 0.717) is 6.04 Å². The fourth-order valence-corrected chi connectivity index (χ4v) is 1.96. The van der Waals surface area contributed by atoms with Gasteiger partial charge in [0.15, 0.2) is 0 Å². The smallest absolute Gasteiger partial charge is 0.0619 e. The van der Waals surface area contributed by atoms with Crippen molar-refractivity contribution in [2.45, 2.75) is 19.4 Å². The Labute approximate surface area is 99.9 Å². The van der Waals surface area contributed by atoms with E-state index < -0.39 is 0 Å². The molecule has 0 aromatic rings. The van der Waals surface area contributed by atoms with E-state index in [4.69, 9.17) is 4.74 Å². The van der Waals surface area contributed by atoms with E-state index >= 15 is 0 Å². The summed E-state index contributed by atoms with van der Waals surface area (Å²) in [6.45, 7) is 9.64. The van der Waals surface area contributed by atoms with Crippen LogP contribution < -0.4 is 5.32 Å². The van der Waals surface area contributed by atoms with Gasteiger partial charge in [0.05, 0.1) is 13.2 Å². The topological polar surface area (TPSA) is 27.7 Å². The monoisotopic (exact) mass is 229 g/mol. The zero-order valence-electron chi connectivity index (χ0n) is 11.0. The molecule has 0 saturated carbocycles. The summed E-state index contributed by atoms with van der Waals surface area (Å²) in [5, 5.41) is 3.50. The van der Waals surface area contributed by atoms with E-state index in [2.05, 4.69) is 36.1 Å². The minimum absolute atomic E-state index is 0.581. The van der Waals surface area contributed by atoms with Crippen LogP contribution in [0.3, 0.4) is 0 Å². The van der Waals surface area contributed by atoms with Crippen molar-refractivity contribution in [3.8, 4) is 0 Å². The van der Waals surface area contributed by atoms with E-state index in [9.17, 15) is 0 Å². The Kier molecular flexibility index (Phi) is 6.96. The van der Waals surface area contributed by atoms with Gasteiger partial charge in [-0.2, -0.15) is 0 Å². The van der Waals surface area contributed by atoms with Crippen LogP contribution in [-0.2, 0) is 4.74 Å². The van der Waals surface area contributed by atoms with Crippen LogP contribution >= 0.6 is 0 Å². The number of hydrogen-bond donors (Lipinski definition) is 1. The van der Waals surface area contributed by atoms with Crippen molar-refractivity contribution in [1.82, 2.24) is 15.1 Å². The van der Waals surface area contributed by atoms with Crippen LogP contribution in [0.5, 0.6) is 0 Å². The van der Waals surface area contributed by atoms with E-state index in [1.165, 1.54) is 13.0 Å². The fraction of sp³-hybridized carbons (Fsp3) is 1.00. The summed E-state index contributed by atoms with van der Waals surface area (Å²) in [6, 6.07) is 0.581. The molecule has 4 heteroatoms. The normalized spacial score (nSPS) is 22.9. The third kappa shape index (κ3) is 5.80. The highest BCUT2D eigenvalue weighted by atomic mass is 16.5. The van der Waals surface area contributed by atoms with Crippen LogP contribution in [0, 0.1) is 0 Å². The molecule has 96 valence electrons. The van der Waals surface area contributed by atoms with Gasteiger partial charge in [0.25, 0.3) is 0 Å². The summed E-state index contributed by atoms with van der Waals surface area (Å²) in [4.78, 5) is 4.73. The molecule has 1 fully saturated rings. The average Bonchev–Trinajstić information content (AvgIpc) is 2.25. The number of nitrogens with one attached hydrogen (secondary N) is 1. The standard InChI is InChI=1S/C12H27N3O/c1-12-11-16-10-9-15(12)8-6-13-5-4-7-14(2)3/h12-13H,4-11H2,1-3H3. The lowest BCUT2D eigenvalue weighted by atomic mass is 10.2. The molecule has 0 spiro atoms. The largest absolute Gasteiger partial charge is 0.379 e. The van der Waals surface area contributed by atoms with Crippen molar-refractivity contribution in [1.29, 1.82) is 0 Å². The first-order valence-corrected chi connectivity index (χ1v) is 6.37. The van der Waals surface area contributed by atoms with Gasteiger partial charge in [0.2, 0.25) is 0 Å². The molecule has 1 heterocycles. The van der Waals surface area contributed by atoms with Crippen molar-refractivity contribution in [2.75, 3.05) is 60.0 Å². The lowest BCUT2D eigenvalue weighted by Gasteiger charge is -2.33. The highest BCUT2D eigenvalue weighted by Gasteiger charge is 2.17. The van der Waals surface area contributed by atoms with E-state index in [0.717, 1.165) is 39.4 Å². The van der Waals surface area contributed by atoms with Crippen LogP contribution in [0.4, 0.5) is 0 Å². The summed E-state index contributed by atoms with van der Waals surface area (Å²) < 4.78 is 5.42. The highest BCUT2D eigenvalue weighted by molar-refractivity contribution is 4.71. The average molecular weight is 229 g/mol. The molecule has 0 radical (unpaired) electrons. The first kappa shape index (κ1) is 13.9. The second-order valence-corrected chi connectivity index (χ2v) is 4.87. The molecule has 1 aliphatic rings. The van der Waals surface area contributed by atoms with Crippen molar-refractivity contribution >= 4 is 0 Å². The van der Waals surface area contributed by atoms with Crippen molar-refractivity contribution in [3.05, 3.63) is 0 Å². The number of rotatable bonds is 7. The van der Waals surface area contributed by atoms with Gasteiger partial charge >= 0.3 is 0 Å². The molecule has 0 aliphatic carbocycles. The Morgan fingerprint density at radius 1 is 1.38 bits per heavy atom. The van der Waals surface area contributed by atoms with Crippen LogP contribution in [0.2, 0.25) is 0 Å². The molecule has 1 rings (SSSR count). The molecular formula is C12H27N3O. The van der Waals surface area contributed by atoms with Crippen LogP contribution in [0.25, 0.3) is 0 Å². The van der Waals surface area contributed by atoms with Gasteiger partial charge < -0.3 is 15.0 Å². The first-order valence-electron chi connectivity index (χ1n) is 6.37. The molecule has 0 bridgehead atoms. The Morgan fingerprint density at radius 3 is 2.88 bits per heavy atom. The Balaban J connectivity index is 1.94. The lowest BCUT2D eigenvalue weighted by Crippen LogP contribution is -2.46. The van der Waals surface area contributed by atoms with Crippen LogP contribution in [0.15, 0.2) is 0 Å². The maximum atomic E-state index is 5.42. The fourth-order valence-electron chi connectivity index (χ4n) is 1.96. The van der Waals surface area contributed by atoms with Gasteiger partial charge in [-0.05, 0) is 40.5 Å². The van der Waals surface area contributed by atoms with E-state index in [1.54, 1.807) is 0 Å². The molecule has 0 aromatic heterocycles. The summed E-state index contributed by atoms with van der Waals surface area (Å²) >= 11 is 0. The second-order valence-electron chi connectivity index (χ2n) is 4.87. The maximum absolute atomic E-state index is 5.42. The molecule has 16 heavy (non-hydrogen) atoms. The number of hydrogen-bond acceptors (Lipinski definition) is 4. The molecule has 0 amide bonds. The molecule has 0 aromatic carbocycles. The second kappa shape index (κ2) is 8.01. The molecule has 1 N–H and O–H groups in total. The zero-order valence-corrected chi connectivity index (χ0v) is 11.0. The molecule has 1 aliphatic heterocycles. The van der Waals surface area contributed by atoms with Gasteiger partial charge in [0.1, 0.15) is 0 Å². The van der Waals surface area contributed by atoms with Crippen molar-refractivity contribution in [3.63, 3.8) is 0 Å². The minimum Gasteiger partial charge on any atom is -0.379 e. The Hall–Kier alpha value is -0.160. The Morgan fingerprint density at radius 2 is 2.19 bits per heavy atom. The predicted octanol–water partition coefficient (Wildman–Crippen LogP) is 0.248. The van der Waals surface area contributed by atoms with E-state index in [-0.39, 0.29) is 0 Å².